The molecule has 0 amide bonds. The van der Waals surface area contributed by atoms with Gasteiger partial charge in [0.05, 0.1) is 6.42 Å². The molecule has 1 heterocycles. The van der Waals surface area contributed by atoms with Crippen molar-refractivity contribution in [3.63, 3.8) is 0 Å². The first-order valence-corrected chi connectivity index (χ1v) is 5.95. The fourth-order valence-electron chi connectivity index (χ4n) is 2.60. The maximum Gasteiger partial charge on any atom is 0.303 e. The number of carbonyl (C=O) groups is 1. The number of H-pyrrole nitrogens is 1. The Balaban J connectivity index is 1.88. The fourth-order valence-corrected chi connectivity index (χ4v) is 2.60. The zero-order valence-corrected chi connectivity index (χ0v) is 9.57. The summed E-state index contributed by atoms with van der Waals surface area (Å²) in [5, 5.41) is 10.1. The Hall–Kier alpha value is -1.77. The molecule has 1 aromatic carbocycles. The molecule has 1 aliphatic rings. The van der Waals surface area contributed by atoms with Gasteiger partial charge in [0.2, 0.25) is 0 Å². The lowest BCUT2D eigenvalue weighted by molar-refractivity contribution is -0.138. The molecule has 17 heavy (non-hydrogen) atoms. The maximum absolute atomic E-state index is 10.8. The summed E-state index contributed by atoms with van der Waals surface area (Å²) in [6, 6.07) is 8.18. The van der Waals surface area contributed by atoms with E-state index in [-0.39, 0.29) is 5.41 Å². The lowest BCUT2D eigenvalue weighted by Gasteiger charge is -2.11. The number of aromatic nitrogens is 1. The number of nitrogens with one attached hydrogen (secondary N) is 1. The number of fused-ring (bicyclic) bond motifs is 1. The van der Waals surface area contributed by atoms with Crippen molar-refractivity contribution in [2.75, 3.05) is 0 Å². The smallest absolute Gasteiger partial charge is 0.303 e. The van der Waals surface area contributed by atoms with E-state index in [4.69, 9.17) is 5.11 Å². The molecule has 3 rings (SSSR count). The van der Waals surface area contributed by atoms with Crippen LogP contribution < -0.4 is 0 Å². The van der Waals surface area contributed by atoms with Crippen LogP contribution in [0.25, 0.3) is 10.9 Å². The molecular weight excluding hydrogens is 214 g/mol. The van der Waals surface area contributed by atoms with E-state index in [9.17, 15) is 4.79 Å². The Morgan fingerprint density at radius 1 is 1.35 bits per heavy atom. The van der Waals surface area contributed by atoms with Gasteiger partial charge in [-0.2, -0.15) is 0 Å². The number of para-hydroxylation sites is 1. The molecule has 0 radical (unpaired) electrons. The number of hydrogen-bond acceptors (Lipinski definition) is 1. The fraction of sp³-hybridized carbons (Fsp3) is 0.357. The summed E-state index contributed by atoms with van der Waals surface area (Å²) in [5.41, 5.74) is 2.41. The zero-order chi connectivity index (χ0) is 11.9. The molecule has 88 valence electrons. The molecule has 2 aromatic rings. The molecule has 0 unspecified atom stereocenters. The lowest BCUT2D eigenvalue weighted by atomic mass is 9.93. The topological polar surface area (TPSA) is 53.1 Å². The summed E-state index contributed by atoms with van der Waals surface area (Å²) < 4.78 is 0. The van der Waals surface area contributed by atoms with Crippen LogP contribution in [0.15, 0.2) is 30.5 Å². The van der Waals surface area contributed by atoms with Gasteiger partial charge in [0.15, 0.2) is 0 Å². The van der Waals surface area contributed by atoms with Gasteiger partial charge in [-0.05, 0) is 36.3 Å². The molecule has 0 saturated heterocycles. The highest BCUT2D eigenvalue weighted by atomic mass is 16.4. The van der Waals surface area contributed by atoms with E-state index in [2.05, 4.69) is 17.1 Å². The van der Waals surface area contributed by atoms with Gasteiger partial charge < -0.3 is 10.1 Å². The highest BCUT2D eigenvalue weighted by molar-refractivity contribution is 5.83. The quantitative estimate of drug-likeness (QED) is 0.846. The van der Waals surface area contributed by atoms with Gasteiger partial charge in [0.25, 0.3) is 0 Å². The first-order valence-electron chi connectivity index (χ1n) is 5.95. The van der Waals surface area contributed by atoms with Crippen LogP contribution in [0.3, 0.4) is 0 Å². The molecule has 1 fully saturated rings. The van der Waals surface area contributed by atoms with E-state index in [1.807, 2.05) is 18.3 Å². The second-order valence-electron chi connectivity index (χ2n) is 5.11. The number of hydrogen-bond donors (Lipinski definition) is 2. The number of benzene rings is 1. The molecule has 0 spiro atoms. The first kappa shape index (κ1) is 10.4. The molecule has 0 atom stereocenters. The van der Waals surface area contributed by atoms with E-state index in [1.54, 1.807) is 0 Å². The third-order valence-electron chi connectivity index (χ3n) is 3.72. The molecule has 1 aliphatic carbocycles. The Labute approximate surface area is 99.5 Å². The lowest BCUT2D eigenvalue weighted by Crippen LogP contribution is -2.11. The van der Waals surface area contributed by atoms with Crippen LogP contribution in [-0.4, -0.2) is 16.1 Å². The Morgan fingerprint density at radius 3 is 2.82 bits per heavy atom. The van der Waals surface area contributed by atoms with Crippen molar-refractivity contribution < 1.29 is 9.90 Å². The van der Waals surface area contributed by atoms with Gasteiger partial charge in [-0.15, -0.1) is 0 Å². The number of carboxylic acids is 1. The second-order valence-corrected chi connectivity index (χ2v) is 5.11. The summed E-state index contributed by atoms with van der Waals surface area (Å²) in [6.07, 6.45) is 5.28. The molecule has 3 nitrogen and oxygen atoms in total. The summed E-state index contributed by atoms with van der Waals surface area (Å²) in [7, 11) is 0. The van der Waals surface area contributed by atoms with Crippen molar-refractivity contribution in [3.05, 3.63) is 36.0 Å². The molecule has 1 aromatic heterocycles. The molecule has 1 saturated carbocycles. The third-order valence-corrected chi connectivity index (χ3v) is 3.72. The van der Waals surface area contributed by atoms with Crippen molar-refractivity contribution >= 4 is 16.9 Å². The number of rotatable bonds is 4. The molecule has 0 aliphatic heterocycles. The largest absolute Gasteiger partial charge is 0.481 e. The summed E-state index contributed by atoms with van der Waals surface area (Å²) in [5.74, 6) is -0.678. The Bertz CT molecular complexity index is 566. The van der Waals surface area contributed by atoms with Gasteiger partial charge in [0, 0.05) is 17.1 Å². The SMILES string of the molecule is O=C(O)CC1(Cc2c[nH]c3ccccc23)CC1. The standard InChI is InChI=1S/C14H15NO2/c16-13(17)8-14(5-6-14)7-10-9-15-12-4-2-1-3-11(10)12/h1-4,9,15H,5-8H2,(H,16,17). The van der Waals surface area contributed by atoms with Crippen LogP contribution >= 0.6 is 0 Å². The van der Waals surface area contributed by atoms with Gasteiger partial charge >= 0.3 is 5.97 Å². The number of aromatic amines is 1. The Morgan fingerprint density at radius 2 is 2.12 bits per heavy atom. The van der Waals surface area contributed by atoms with Crippen LogP contribution in [0.4, 0.5) is 0 Å². The van der Waals surface area contributed by atoms with Crippen molar-refractivity contribution in [1.29, 1.82) is 0 Å². The average Bonchev–Trinajstić information content (AvgIpc) is 2.91. The predicted octanol–water partition coefficient (Wildman–Crippen LogP) is 2.97. The van der Waals surface area contributed by atoms with Crippen LogP contribution in [0, 0.1) is 5.41 Å². The average molecular weight is 229 g/mol. The minimum atomic E-state index is -0.678. The van der Waals surface area contributed by atoms with Crippen LogP contribution in [-0.2, 0) is 11.2 Å². The molecular formula is C14H15NO2. The normalized spacial score (nSPS) is 17.2. The summed E-state index contributed by atoms with van der Waals surface area (Å²) in [6.45, 7) is 0. The van der Waals surface area contributed by atoms with Crippen molar-refractivity contribution in [2.45, 2.75) is 25.7 Å². The predicted molar refractivity (Wildman–Crippen MR) is 65.9 cm³/mol. The van der Waals surface area contributed by atoms with Crippen molar-refractivity contribution in [3.8, 4) is 0 Å². The van der Waals surface area contributed by atoms with E-state index in [0.29, 0.717) is 6.42 Å². The summed E-state index contributed by atoms with van der Waals surface area (Å²) >= 11 is 0. The number of carboxylic acid groups (broad SMARTS) is 1. The van der Waals surface area contributed by atoms with Crippen LogP contribution in [0.5, 0.6) is 0 Å². The van der Waals surface area contributed by atoms with Crippen molar-refractivity contribution in [2.24, 2.45) is 5.41 Å². The zero-order valence-electron chi connectivity index (χ0n) is 9.57. The Kier molecular flexibility index (Phi) is 2.21. The van der Waals surface area contributed by atoms with Crippen LogP contribution in [0.1, 0.15) is 24.8 Å². The van der Waals surface area contributed by atoms with Gasteiger partial charge in [-0.1, -0.05) is 18.2 Å². The third kappa shape index (κ3) is 1.93. The highest BCUT2D eigenvalue weighted by Gasteiger charge is 2.44. The maximum atomic E-state index is 10.8. The van der Waals surface area contributed by atoms with Crippen molar-refractivity contribution in [1.82, 2.24) is 4.98 Å². The highest BCUT2D eigenvalue weighted by Crippen LogP contribution is 2.51. The van der Waals surface area contributed by atoms with E-state index >= 15 is 0 Å². The first-order chi connectivity index (χ1) is 8.19. The number of aliphatic carboxylic acids is 1. The molecule has 0 bridgehead atoms. The van der Waals surface area contributed by atoms with E-state index in [1.165, 1.54) is 10.9 Å². The second kappa shape index (κ2) is 3.62. The van der Waals surface area contributed by atoms with Gasteiger partial charge in [-0.25, -0.2) is 0 Å². The van der Waals surface area contributed by atoms with Crippen LogP contribution in [0.2, 0.25) is 0 Å². The minimum absolute atomic E-state index is 0.0246. The summed E-state index contributed by atoms with van der Waals surface area (Å²) in [4.78, 5) is 14.1. The monoisotopic (exact) mass is 229 g/mol. The van der Waals surface area contributed by atoms with Gasteiger partial charge in [-0.3, -0.25) is 4.79 Å². The van der Waals surface area contributed by atoms with E-state index in [0.717, 1.165) is 24.8 Å². The molecule has 2 N–H and O–H groups in total. The van der Waals surface area contributed by atoms with Gasteiger partial charge in [0.1, 0.15) is 0 Å². The molecule has 3 heteroatoms. The van der Waals surface area contributed by atoms with E-state index < -0.39 is 5.97 Å². The minimum Gasteiger partial charge on any atom is -0.481 e.